The van der Waals surface area contributed by atoms with Gasteiger partial charge in [-0.05, 0) is 12.0 Å². The van der Waals surface area contributed by atoms with E-state index in [0.717, 1.165) is 0 Å². The first kappa shape index (κ1) is 18.4. The van der Waals surface area contributed by atoms with Crippen LogP contribution in [0.15, 0.2) is 29.1 Å². The van der Waals surface area contributed by atoms with Gasteiger partial charge in [-0.3, -0.25) is 9.59 Å². The molecule has 0 aliphatic heterocycles. The topological polar surface area (TPSA) is 98.1 Å². The molecule has 0 aliphatic rings. The van der Waals surface area contributed by atoms with E-state index in [-0.39, 0.29) is 41.7 Å². The predicted molar refractivity (Wildman–Crippen MR) is 88.7 cm³/mol. The fourth-order valence-corrected chi connectivity index (χ4v) is 2.36. The van der Waals surface area contributed by atoms with Crippen LogP contribution in [0.25, 0.3) is 0 Å². The van der Waals surface area contributed by atoms with E-state index in [1.807, 2.05) is 13.8 Å². The van der Waals surface area contributed by atoms with Gasteiger partial charge in [-0.15, -0.1) is 4.73 Å². The minimum Gasteiger partial charge on any atom is -0.616 e. The number of amides is 1. The molecule has 0 unspecified atom stereocenters. The number of H-pyrrole nitrogens is 1. The number of carbonyl (C=O) groups excluding carboxylic acids is 1. The zero-order valence-corrected chi connectivity index (χ0v) is 14.3. The Kier molecular flexibility index (Phi) is 5.74. The molecule has 1 aromatic carbocycles. The molecule has 0 saturated heterocycles. The minimum atomic E-state index is -0.738. The summed E-state index contributed by atoms with van der Waals surface area (Å²) in [5, 5.41) is 14.8. The largest absolute Gasteiger partial charge is 0.616 e. The van der Waals surface area contributed by atoms with Crippen molar-refractivity contribution in [2.75, 3.05) is 7.11 Å². The van der Waals surface area contributed by atoms with Crippen molar-refractivity contribution in [2.45, 2.75) is 26.8 Å². The smallest absolute Gasteiger partial charge is 0.409 e. The fourth-order valence-electron chi connectivity index (χ4n) is 2.36. The van der Waals surface area contributed by atoms with Crippen molar-refractivity contribution >= 4 is 5.91 Å². The molecule has 0 radical (unpaired) electrons. The minimum absolute atomic E-state index is 0.0301. The van der Waals surface area contributed by atoms with Crippen molar-refractivity contribution in [2.24, 2.45) is 5.92 Å². The second-order valence-electron chi connectivity index (χ2n) is 5.95. The standard InChI is InChI=1S/C17H20FN3O4/c1-10(2)8-13-15(22)20-14(17(25-3)21(13)24)16(23)19-9-11-6-4-5-7-12(11)18/h4-7,10H,8-9H2,1-3H3,(H,19,23)(H,20,22). The summed E-state index contributed by atoms with van der Waals surface area (Å²) in [6.45, 7) is 3.63. The van der Waals surface area contributed by atoms with E-state index in [9.17, 15) is 19.2 Å². The second-order valence-corrected chi connectivity index (χ2v) is 5.95. The number of nitrogens with one attached hydrogen (secondary N) is 2. The van der Waals surface area contributed by atoms with Crippen molar-refractivity contribution in [3.05, 3.63) is 62.6 Å². The molecule has 0 aliphatic carbocycles. The highest BCUT2D eigenvalue weighted by Crippen LogP contribution is 2.11. The third-order valence-corrected chi connectivity index (χ3v) is 3.56. The number of aromatic amines is 1. The zero-order valence-electron chi connectivity index (χ0n) is 14.3. The molecule has 7 nitrogen and oxygen atoms in total. The van der Waals surface area contributed by atoms with Gasteiger partial charge >= 0.3 is 11.4 Å². The quantitative estimate of drug-likeness (QED) is 0.606. The molecular formula is C17H20FN3O4. The molecule has 1 aromatic heterocycles. The van der Waals surface area contributed by atoms with Gasteiger partial charge in [0, 0.05) is 18.5 Å². The molecule has 0 spiro atoms. The average Bonchev–Trinajstić information content (AvgIpc) is 2.57. The van der Waals surface area contributed by atoms with Gasteiger partial charge < -0.3 is 20.2 Å². The lowest BCUT2D eigenvalue weighted by Crippen LogP contribution is -2.44. The van der Waals surface area contributed by atoms with Crippen LogP contribution >= 0.6 is 0 Å². The van der Waals surface area contributed by atoms with Gasteiger partial charge in [-0.1, -0.05) is 32.0 Å². The van der Waals surface area contributed by atoms with Crippen LogP contribution in [0.2, 0.25) is 0 Å². The van der Waals surface area contributed by atoms with Crippen LogP contribution in [0, 0.1) is 16.9 Å². The molecule has 0 fully saturated rings. The van der Waals surface area contributed by atoms with Gasteiger partial charge in [0.15, 0.2) is 0 Å². The van der Waals surface area contributed by atoms with Crippen LogP contribution in [0.5, 0.6) is 5.88 Å². The first-order valence-corrected chi connectivity index (χ1v) is 7.79. The van der Waals surface area contributed by atoms with E-state index < -0.39 is 17.3 Å². The number of hydrogen-bond donors (Lipinski definition) is 2. The summed E-state index contributed by atoms with van der Waals surface area (Å²) in [6.07, 6.45) is 0.242. The van der Waals surface area contributed by atoms with Crippen molar-refractivity contribution in [3.63, 3.8) is 0 Å². The average molecular weight is 349 g/mol. The number of carbonyl (C=O) groups is 1. The molecule has 2 N–H and O–H groups in total. The van der Waals surface area contributed by atoms with Gasteiger partial charge in [0.25, 0.3) is 11.6 Å². The van der Waals surface area contributed by atoms with Crippen LogP contribution in [-0.2, 0) is 13.0 Å². The summed E-state index contributed by atoms with van der Waals surface area (Å²) < 4.78 is 18.9. The molecular weight excluding hydrogens is 329 g/mol. The number of methoxy groups -OCH3 is 1. The van der Waals surface area contributed by atoms with Crippen LogP contribution < -0.4 is 20.3 Å². The molecule has 1 amide bonds. The maximum Gasteiger partial charge on any atom is 0.409 e. The van der Waals surface area contributed by atoms with Crippen molar-refractivity contribution in [1.29, 1.82) is 0 Å². The fraction of sp³-hybridized carbons (Fsp3) is 0.353. The van der Waals surface area contributed by atoms with Gasteiger partial charge in [0.05, 0.1) is 7.11 Å². The molecule has 134 valence electrons. The van der Waals surface area contributed by atoms with Gasteiger partial charge in [-0.25, -0.2) is 4.39 Å². The Morgan fingerprint density at radius 3 is 2.68 bits per heavy atom. The van der Waals surface area contributed by atoms with Crippen LogP contribution in [0.4, 0.5) is 4.39 Å². The predicted octanol–water partition coefficient (Wildman–Crippen LogP) is 1.28. The SMILES string of the molecule is COc1c(C(=O)NCc2ccccc2F)[nH]c(=O)c(CC(C)C)[n+]1[O-]. The number of aromatic nitrogens is 2. The summed E-state index contributed by atoms with van der Waals surface area (Å²) in [5.41, 5.74) is -0.701. The summed E-state index contributed by atoms with van der Waals surface area (Å²) in [4.78, 5) is 26.8. The first-order chi connectivity index (χ1) is 11.8. The highest BCUT2D eigenvalue weighted by atomic mass is 19.1. The van der Waals surface area contributed by atoms with Crippen molar-refractivity contribution in [1.82, 2.24) is 10.3 Å². The van der Waals surface area contributed by atoms with E-state index in [2.05, 4.69) is 10.3 Å². The Labute approximate surface area is 144 Å². The third-order valence-electron chi connectivity index (χ3n) is 3.56. The molecule has 0 atom stereocenters. The molecule has 25 heavy (non-hydrogen) atoms. The number of nitrogens with zero attached hydrogens (tertiary/aromatic N) is 1. The second kappa shape index (κ2) is 7.78. The van der Waals surface area contributed by atoms with E-state index in [4.69, 9.17) is 4.74 Å². The zero-order chi connectivity index (χ0) is 18.6. The van der Waals surface area contributed by atoms with E-state index in [1.165, 1.54) is 25.3 Å². The lowest BCUT2D eigenvalue weighted by molar-refractivity contribution is -0.622. The maximum atomic E-state index is 13.6. The molecule has 2 rings (SSSR count). The molecule has 1 heterocycles. The third kappa shape index (κ3) is 4.14. The van der Waals surface area contributed by atoms with E-state index >= 15 is 0 Å². The summed E-state index contributed by atoms with van der Waals surface area (Å²) in [5.74, 6) is -1.43. The van der Waals surface area contributed by atoms with Crippen LogP contribution in [0.3, 0.4) is 0 Å². The van der Waals surface area contributed by atoms with Crippen molar-refractivity contribution in [3.8, 4) is 5.88 Å². The Morgan fingerprint density at radius 1 is 1.40 bits per heavy atom. The number of halogens is 1. The summed E-state index contributed by atoms with van der Waals surface area (Å²) >= 11 is 0. The van der Waals surface area contributed by atoms with E-state index in [0.29, 0.717) is 4.73 Å². The highest BCUT2D eigenvalue weighted by Gasteiger charge is 2.27. The lowest BCUT2D eigenvalue weighted by Gasteiger charge is -2.12. The van der Waals surface area contributed by atoms with E-state index in [1.54, 1.807) is 6.07 Å². The van der Waals surface area contributed by atoms with Gasteiger partial charge in [0.1, 0.15) is 5.82 Å². The molecule has 0 saturated carbocycles. The normalized spacial score (nSPS) is 10.8. The van der Waals surface area contributed by atoms with Crippen LogP contribution in [0.1, 0.15) is 35.6 Å². The monoisotopic (exact) mass is 349 g/mol. The van der Waals surface area contributed by atoms with Gasteiger partial charge in [-0.2, -0.15) is 0 Å². The maximum absolute atomic E-state index is 13.6. The number of benzene rings is 1. The van der Waals surface area contributed by atoms with Crippen LogP contribution in [-0.4, -0.2) is 18.0 Å². The number of rotatable bonds is 6. The Hall–Kier alpha value is -2.90. The summed E-state index contributed by atoms with van der Waals surface area (Å²) in [6, 6.07) is 5.97. The molecule has 0 bridgehead atoms. The number of ether oxygens (including phenoxy) is 1. The first-order valence-electron chi connectivity index (χ1n) is 7.79. The lowest BCUT2D eigenvalue weighted by atomic mass is 10.1. The summed E-state index contributed by atoms with van der Waals surface area (Å²) in [7, 11) is 1.23. The Balaban J connectivity index is 2.30. The highest BCUT2D eigenvalue weighted by molar-refractivity contribution is 5.93. The Bertz CT molecular complexity index is 833. The number of hydrogen-bond acceptors (Lipinski definition) is 4. The molecule has 2 aromatic rings. The van der Waals surface area contributed by atoms with Crippen molar-refractivity contribution < 1.29 is 18.7 Å². The van der Waals surface area contributed by atoms with Gasteiger partial charge in [0.2, 0.25) is 5.69 Å². The Morgan fingerprint density at radius 2 is 2.08 bits per heavy atom. The molecule has 8 heteroatoms.